The van der Waals surface area contributed by atoms with Crippen LogP contribution in [0.15, 0.2) is 95.3 Å². The van der Waals surface area contributed by atoms with Crippen molar-refractivity contribution in [3.63, 3.8) is 0 Å². The van der Waals surface area contributed by atoms with Crippen LogP contribution >= 0.6 is 0 Å². The van der Waals surface area contributed by atoms with E-state index in [-0.39, 0.29) is 23.7 Å². The highest BCUT2D eigenvalue weighted by Crippen LogP contribution is 2.45. The third kappa shape index (κ3) is 4.33. The first-order valence-corrected chi connectivity index (χ1v) is 11.6. The lowest BCUT2D eigenvalue weighted by Gasteiger charge is -2.37. The lowest BCUT2D eigenvalue weighted by Crippen LogP contribution is -2.37. The number of benzene rings is 3. The fraction of sp³-hybridized carbons (Fsp3) is 0.172. The van der Waals surface area contributed by atoms with Crippen molar-refractivity contribution in [2.45, 2.75) is 31.6 Å². The maximum Gasteiger partial charge on any atom is 0.254 e. The van der Waals surface area contributed by atoms with E-state index in [9.17, 15) is 22.8 Å². The van der Waals surface area contributed by atoms with E-state index < -0.39 is 35.0 Å². The molecule has 2 aliphatic rings. The number of dihydropyridines is 1. The molecule has 1 amide bonds. The van der Waals surface area contributed by atoms with Crippen LogP contribution in [0.25, 0.3) is 0 Å². The Morgan fingerprint density at radius 3 is 2.19 bits per heavy atom. The van der Waals surface area contributed by atoms with Crippen molar-refractivity contribution in [1.82, 2.24) is 5.32 Å². The highest BCUT2D eigenvalue weighted by atomic mass is 19.1. The van der Waals surface area contributed by atoms with Gasteiger partial charge in [-0.15, -0.1) is 0 Å². The molecule has 36 heavy (non-hydrogen) atoms. The van der Waals surface area contributed by atoms with Crippen molar-refractivity contribution in [1.29, 1.82) is 0 Å². The van der Waals surface area contributed by atoms with E-state index in [1.165, 1.54) is 30.3 Å². The summed E-state index contributed by atoms with van der Waals surface area (Å²) in [6.07, 6.45) is 0.801. The molecule has 1 heterocycles. The molecule has 5 rings (SSSR count). The minimum atomic E-state index is -0.914. The van der Waals surface area contributed by atoms with Crippen molar-refractivity contribution in [3.05, 3.63) is 124 Å². The van der Waals surface area contributed by atoms with Crippen LogP contribution < -0.4 is 10.6 Å². The number of anilines is 1. The molecule has 0 saturated carbocycles. The van der Waals surface area contributed by atoms with Crippen LogP contribution in [0.5, 0.6) is 0 Å². The number of rotatable bonds is 4. The Kier molecular flexibility index (Phi) is 6.22. The molecule has 0 bridgehead atoms. The number of carbonyl (C=O) groups is 2. The molecular weight excluding hydrogens is 465 g/mol. The first kappa shape index (κ1) is 23.6. The van der Waals surface area contributed by atoms with Crippen molar-refractivity contribution in [2.24, 2.45) is 0 Å². The summed E-state index contributed by atoms with van der Waals surface area (Å²) < 4.78 is 42.3. The van der Waals surface area contributed by atoms with E-state index in [1.807, 2.05) is 30.3 Å². The Bertz CT molecular complexity index is 1390. The van der Waals surface area contributed by atoms with Gasteiger partial charge in [-0.2, -0.15) is 0 Å². The fourth-order valence-electron chi connectivity index (χ4n) is 5.09. The van der Waals surface area contributed by atoms with Crippen LogP contribution in [0.4, 0.5) is 18.9 Å². The van der Waals surface area contributed by atoms with E-state index in [2.05, 4.69) is 10.6 Å². The summed E-state index contributed by atoms with van der Waals surface area (Å²) in [6.45, 7) is 1.68. The highest BCUT2D eigenvalue weighted by molar-refractivity contribution is 6.10. The zero-order valence-corrected chi connectivity index (χ0v) is 19.4. The maximum atomic E-state index is 14.3. The lowest BCUT2D eigenvalue weighted by atomic mass is 9.71. The van der Waals surface area contributed by atoms with Gasteiger partial charge >= 0.3 is 0 Å². The molecule has 1 aliphatic heterocycles. The summed E-state index contributed by atoms with van der Waals surface area (Å²) in [5, 5.41) is 5.56. The van der Waals surface area contributed by atoms with Crippen molar-refractivity contribution < 1.29 is 22.8 Å². The molecular formula is C29H23F3N2O2. The van der Waals surface area contributed by atoms with E-state index in [0.717, 1.165) is 17.7 Å². The quantitative estimate of drug-likeness (QED) is 0.466. The van der Waals surface area contributed by atoms with Gasteiger partial charge in [-0.3, -0.25) is 9.59 Å². The number of hydrogen-bond donors (Lipinski definition) is 2. The maximum absolute atomic E-state index is 14.3. The summed E-state index contributed by atoms with van der Waals surface area (Å²) in [6, 6.07) is 18.6. The molecule has 182 valence electrons. The minimum Gasteiger partial charge on any atom is -0.362 e. The van der Waals surface area contributed by atoms with Gasteiger partial charge in [0.15, 0.2) is 5.78 Å². The second-order valence-electron chi connectivity index (χ2n) is 9.03. The Balaban J connectivity index is 1.58. The number of allylic oxidation sites excluding steroid dienone is 3. The molecule has 7 heteroatoms. The number of carbonyl (C=O) groups excluding carboxylic acids is 2. The lowest BCUT2D eigenvalue weighted by molar-refractivity contribution is -0.116. The summed E-state index contributed by atoms with van der Waals surface area (Å²) >= 11 is 0. The number of Topliss-reactive ketones (excluding diaryl/α,β-unsaturated/α-hetero) is 1. The Hall–Kier alpha value is -4.13. The average Bonchev–Trinajstić information content (AvgIpc) is 2.86. The first-order valence-electron chi connectivity index (χ1n) is 11.6. The van der Waals surface area contributed by atoms with Crippen LogP contribution in [0, 0.1) is 17.5 Å². The van der Waals surface area contributed by atoms with Gasteiger partial charge in [-0.25, -0.2) is 13.2 Å². The number of para-hydroxylation sites is 1. The van der Waals surface area contributed by atoms with Gasteiger partial charge in [-0.05, 0) is 54.7 Å². The predicted molar refractivity (Wildman–Crippen MR) is 130 cm³/mol. The van der Waals surface area contributed by atoms with Gasteiger partial charge in [0, 0.05) is 34.9 Å². The van der Waals surface area contributed by atoms with Gasteiger partial charge < -0.3 is 10.6 Å². The first-order chi connectivity index (χ1) is 17.3. The third-order valence-corrected chi connectivity index (χ3v) is 6.75. The minimum absolute atomic E-state index is 0.0329. The number of amides is 1. The van der Waals surface area contributed by atoms with Gasteiger partial charge in [0.2, 0.25) is 0 Å². The normalized spacial score (nSPS) is 19.6. The molecule has 2 atom stereocenters. The number of ketones is 1. The third-order valence-electron chi connectivity index (χ3n) is 6.75. The molecule has 3 aromatic carbocycles. The summed E-state index contributed by atoms with van der Waals surface area (Å²) in [5.41, 5.74) is 2.72. The van der Waals surface area contributed by atoms with Gasteiger partial charge in [0.1, 0.15) is 23.1 Å². The van der Waals surface area contributed by atoms with Gasteiger partial charge in [0.25, 0.3) is 5.91 Å². The molecule has 2 N–H and O–H groups in total. The van der Waals surface area contributed by atoms with E-state index in [4.69, 9.17) is 0 Å². The van der Waals surface area contributed by atoms with Crippen LogP contribution in [0.2, 0.25) is 0 Å². The predicted octanol–water partition coefficient (Wildman–Crippen LogP) is 6.10. The monoisotopic (exact) mass is 488 g/mol. The highest BCUT2D eigenvalue weighted by Gasteiger charge is 2.41. The molecule has 0 saturated heterocycles. The molecule has 3 aromatic rings. The fourth-order valence-corrected chi connectivity index (χ4v) is 5.09. The molecule has 0 radical (unpaired) electrons. The molecule has 1 aliphatic carbocycles. The standard InChI is InChI=1S/C29H23F3N2O2/c1-16-25(29(36)34-28-21(31)8-5-9-22(28)32)26(18-10-12-20(30)13-11-18)27-23(33-16)14-19(15-24(27)35)17-6-3-2-4-7-17/h2-13,19,26,33H,14-15H2,1H3,(H,34,36). The molecule has 0 fully saturated rings. The van der Waals surface area contributed by atoms with Crippen LogP contribution in [0.1, 0.15) is 42.7 Å². The van der Waals surface area contributed by atoms with Crippen molar-refractivity contribution >= 4 is 17.4 Å². The Morgan fingerprint density at radius 2 is 1.53 bits per heavy atom. The molecule has 4 nitrogen and oxygen atoms in total. The van der Waals surface area contributed by atoms with Crippen LogP contribution in [-0.2, 0) is 9.59 Å². The number of halogens is 3. The molecule has 2 unspecified atom stereocenters. The van der Waals surface area contributed by atoms with Gasteiger partial charge in [0.05, 0.1) is 0 Å². The van der Waals surface area contributed by atoms with Crippen LogP contribution in [0.3, 0.4) is 0 Å². The summed E-state index contributed by atoms with van der Waals surface area (Å²) in [4.78, 5) is 27.0. The second kappa shape index (κ2) is 9.49. The Labute approximate surface area is 206 Å². The number of hydrogen-bond acceptors (Lipinski definition) is 3. The largest absolute Gasteiger partial charge is 0.362 e. The zero-order chi connectivity index (χ0) is 25.4. The Morgan fingerprint density at radius 1 is 0.861 bits per heavy atom. The SMILES string of the molecule is CC1=C(C(=O)Nc2c(F)cccc2F)C(c2ccc(F)cc2)C2=C(CC(c3ccccc3)CC2=O)N1. The molecule has 0 aromatic heterocycles. The smallest absolute Gasteiger partial charge is 0.254 e. The van der Waals surface area contributed by atoms with Crippen molar-refractivity contribution in [3.8, 4) is 0 Å². The van der Waals surface area contributed by atoms with Gasteiger partial charge in [-0.1, -0.05) is 48.5 Å². The zero-order valence-electron chi connectivity index (χ0n) is 19.4. The number of nitrogens with one attached hydrogen (secondary N) is 2. The van der Waals surface area contributed by atoms with Crippen molar-refractivity contribution in [2.75, 3.05) is 5.32 Å². The van der Waals surface area contributed by atoms with Crippen LogP contribution in [-0.4, -0.2) is 11.7 Å². The molecule has 0 spiro atoms. The van der Waals surface area contributed by atoms with E-state index >= 15 is 0 Å². The van der Waals surface area contributed by atoms with E-state index in [0.29, 0.717) is 29.0 Å². The summed E-state index contributed by atoms with van der Waals surface area (Å²) in [7, 11) is 0. The second-order valence-corrected chi connectivity index (χ2v) is 9.03. The summed E-state index contributed by atoms with van der Waals surface area (Å²) in [5.74, 6) is -4.02. The van der Waals surface area contributed by atoms with E-state index in [1.54, 1.807) is 6.92 Å². The average molecular weight is 489 g/mol. The topological polar surface area (TPSA) is 58.2 Å².